The van der Waals surface area contributed by atoms with Gasteiger partial charge in [-0.25, -0.2) is 4.98 Å². The van der Waals surface area contributed by atoms with Gasteiger partial charge in [0.1, 0.15) is 5.69 Å². The van der Waals surface area contributed by atoms with Gasteiger partial charge in [-0.1, -0.05) is 0 Å². The third-order valence-electron chi connectivity index (χ3n) is 3.96. The topological polar surface area (TPSA) is 87.4 Å². The maximum absolute atomic E-state index is 11.3. The first kappa shape index (κ1) is 15.4. The van der Waals surface area contributed by atoms with E-state index in [1.807, 2.05) is 11.9 Å². The zero-order valence-electron chi connectivity index (χ0n) is 13.0. The van der Waals surface area contributed by atoms with Crippen molar-refractivity contribution in [1.29, 1.82) is 0 Å². The molecule has 1 aliphatic heterocycles. The lowest BCUT2D eigenvalue weighted by Crippen LogP contribution is -2.37. The number of aryl methyl sites for hydroxylation is 1. The highest BCUT2D eigenvalue weighted by molar-refractivity contribution is 5.62. The van der Waals surface area contributed by atoms with Crippen LogP contribution in [0.1, 0.15) is 18.5 Å². The van der Waals surface area contributed by atoms with Crippen molar-refractivity contribution < 1.29 is 4.92 Å². The molecule has 0 radical (unpaired) electrons. The number of nitrogens with one attached hydrogen (secondary N) is 1. The summed E-state index contributed by atoms with van der Waals surface area (Å²) in [6.45, 7) is 3.43. The van der Waals surface area contributed by atoms with Crippen LogP contribution in [0.5, 0.6) is 0 Å². The summed E-state index contributed by atoms with van der Waals surface area (Å²) in [5.74, 6) is 0.775. The molecular weight excluding hydrogens is 272 g/mol. The van der Waals surface area contributed by atoms with E-state index in [1.54, 1.807) is 14.0 Å². The Morgan fingerprint density at radius 3 is 2.76 bits per heavy atom. The molecule has 1 atom stereocenters. The van der Waals surface area contributed by atoms with Crippen molar-refractivity contribution in [1.82, 2.24) is 14.9 Å². The van der Waals surface area contributed by atoms with E-state index < -0.39 is 4.92 Å². The molecule has 1 aliphatic rings. The monoisotopic (exact) mass is 294 g/mol. The standard InChI is InChI=1S/C13H22N6O2/c1-9-11(19(20)21)12(16-13(14-2)15-9)18(4)8-10-6-5-7-17(10)3/h10H,5-8H2,1-4H3,(H,14,15,16). The third kappa shape index (κ3) is 3.21. The van der Waals surface area contributed by atoms with Crippen molar-refractivity contribution in [2.45, 2.75) is 25.8 Å². The van der Waals surface area contributed by atoms with Crippen LogP contribution >= 0.6 is 0 Å². The number of nitrogens with zero attached hydrogens (tertiary/aromatic N) is 5. The molecule has 8 nitrogen and oxygen atoms in total. The first-order chi connectivity index (χ1) is 9.93. The number of hydrogen-bond donors (Lipinski definition) is 1. The second-order valence-electron chi connectivity index (χ2n) is 5.47. The smallest absolute Gasteiger partial charge is 0.332 e. The SMILES string of the molecule is CNc1nc(C)c([N+](=O)[O-])c(N(C)CC2CCCN2C)n1. The number of rotatable bonds is 5. The molecule has 0 aliphatic carbocycles. The van der Waals surface area contributed by atoms with Crippen LogP contribution in [-0.2, 0) is 0 Å². The zero-order chi connectivity index (χ0) is 15.6. The molecule has 0 bridgehead atoms. The van der Waals surface area contributed by atoms with Gasteiger partial charge in [-0.2, -0.15) is 4.98 Å². The van der Waals surface area contributed by atoms with Crippen LogP contribution in [0, 0.1) is 17.0 Å². The van der Waals surface area contributed by atoms with Crippen LogP contribution in [0.15, 0.2) is 0 Å². The molecule has 1 unspecified atom stereocenters. The second kappa shape index (κ2) is 6.21. The predicted molar refractivity (Wildman–Crippen MR) is 81.9 cm³/mol. The van der Waals surface area contributed by atoms with E-state index in [1.165, 1.54) is 6.42 Å². The summed E-state index contributed by atoms with van der Waals surface area (Å²) < 4.78 is 0. The zero-order valence-corrected chi connectivity index (χ0v) is 13.0. The largest absolute Gasteiger partial charge is 0.357 e. The van der Waals surface area contributed by atoms with Crippen LogP contribution < -0.4 is 10.2 Å². The highest BCUT2D eigenvalue weighted by Gasteiger charge is 2.28. The molecule has 1 saturated heterocycles. The predicted octanol–water partition coefficient (Wildman–Crippen LogP) is 1.27. The van der Waals surface area contributed by atoms with Gasteiger partial charge in [0, 0.05) is 26.7 Å². The van der Waals surface area contributed by atoms with Crippen LogP contribution in [-0.4, -0.2) is 60.1 Å². The number of likely N-dealkylation sites (tertiary alicyclic amines) is 1. The van der Waals surface area contributed by atoms with E-state index in [9.17, 15) is 10.1 Å². The van der Waals surface area contributed by atoms with Gasteiger partial charge in [-0.15, -0.1) is 0 Å². The van der Waals surface area contributed by atoms with E-state index in [0.717, 1.165) is 19.5 Å². The van der Waals surface area contributed by atoms with Crippen LogP contribution in [0.4, 0.5) is 17.5 Å². The molecular formula is C13H22N6O2. The fourth-order valence-electron chi connectivity index (χ4n) is 2.76. The van der Waals surface area contributed by atoms with Crippen molar-refractivity contribution in [3.05, 3.63) is 15.8 Å². The van der Waals surface area contributed by atoms with Crippen molar-refractivity contribution >= 4 is 17.5 Å². The molecule has 1 aromatic rings. The molecule has 2 rings (SSSR count). The quantitative estimate of drug-likeness (QED) is 0.646. The van der Waals surface area contributed by atoms with Gasteiger partial charge in [0.15, 0.2) is 0 Å². The van der Waals surface area contributed by atoms with E-state index in [2.05, 4.69) is 27.2 Å². The van der Waals surface area contributed by atoms with Crippen LogP contribution in [0.25, 0.3) is 0 Å². The first-order valence-corrected chi connectivity index (χ1v) is 7.06. The van der Waals surface area contributed by atoms with Gasteiger partial charge < -0.3 is 15.1 Å². The first-order valence-electron chi connectivity index (χ1n) is 7.06. The van der Waals surface area contributed by atoms with Gasteiger partial charge in [-0.3, -0.25) is 10.1 Å². The Labute approximate surface area is 124 Å². The molecule has 0 amide bonds. The van der Waals surface area contributed by atoms with E-state index in [-0.39, 0.29) is 5.69 Å². The lowest BCUT2D eigenvalue weighted by atomic mass is 10.2. The molecule has 1 N–H and O–H groups in total. The Balaban J connectivity index is 2.31. The fourth-order valence-corrected chi connectivity index (χ4v) is 2.76. The molecule has 2 heterocycles. The van der Waals surface area contributed by atoms with Crippen LogP contribution in [0.3, 0.4) is 0 Å². The highest BCUT2D eigenvalue weighted by atomic mass is 16.6. The summed E-state index contributed by atoms with van der Waals surface area (Å²) in [5.41, 5.74) is 0.359. The van der Waals surface area contributed by atoms with Crippen molar-refractivity contribution in [3.63, 3.8) is 0 Å². The number of aromatic nitrogens is 2. The van der Waals surface area contributed by atoms with E-state index >= 15 is 0 Å². The summed E-state index contributed by atoms with van der Waals surface area (Å²) in [7, 11) is 5.64. The summed E-state index contributed by atoms with van der Waals surface area (Å²) in [6.07, 6.45) is 2.28. The van der Waals surface area contributed by atoms with Gasteiger partial charge in [0.05, 0.1) is 4.92 Å². The van der Waals surface area contributed by atoms with Crippen LogP contribution in [0.2, 0.25) is 0 Å². The molecule has 116 valence electrons. The van der Waals surface area contributed by atoms with E-state index in [0.29, 0.717) is 23.5 Å². The Morgan fingerprint density at radius 1 is 1.52 bits per heavy atom. The molecule has 0 spiro atoms. The Morgan fingerprint density at radius 2 is 2.24 bits per heavy atom. The molecule has 1 aromatic heterocycles. The summed E-state index contributed by atoms with van der Waals surface area (Å²) in [4.78, 5) is 23.4. The minimum atomic E-state index is -0.404. The van der Waals surface area contributed by atoms with Crippen molar-refractivity contribution in [2.24, 2.45) is 0 Å². The Bertz CT molecular complexity index is 536. The van der Waals surface area contributed by atoms with E-state index in [4.69, 9.17) is 0 Å². The maximum Gasteiger partial charge on any atom is 0.332 e. The summed E-state index contributed by atoms with van der Waals surface area (Å²) in [6, 6.07) is 0.405. The molecule has 0 aromatic carbocycles. The molecule has 21 heavy (non-hydrogen) atoms. The number of nitro groups is 1. The minimum absolute atomic E-state index is 0.0165. The lowest BCUT2D eigenvalue weighted by molar-refractivity contribution is -0.385. The summed E-state index contributed by atoms with van der Waals surface area (Å²) in [5, 5.41) is 14.2. The lowest BCUT2D eigenvalue weighted by Gasteiger charge is -2.26. The Kier molecular flexibility index (Phi) is 4.56. The average molecular weight is 294 g/mol. The maximum atomic E-state index is 11.3. The number of anilines is 2. The van der Waals surface area contributed by atoms with Gasteiger partial charge in [0.2, 0.25) is 11.8 Å². The minimum Gasteiger partial charge on any atom is -0.357 e. The molecule has 8 heteroatoms. The van der Waals surface area contributed by atoms with Crippen molar-refractivity contribution in [2.75, 3.05) is 44.4 Å². The van der Waals surface area contributed by atoms with Gasteiger partial charge >= 0.3 is 5.69 Å². The number of likely N-dealkylation sites (N-methyl/N-ethyl adjacent to an activating group) is 2. The number of hydrogen-bond acceptors (Lipinski definition) is 7. The summed E-state index contributed by atoms with van der Waals surface area (Å²) >= 11 is 0. The average Bonchev–Trinajstić information content (AvgIpc) is 2.82. The highest BCUT2D eigenvalue weighted by Crippen LogP contribution is 2.30. The van der Waals surface area contributed by atoms with Gasteiger partial charge in [0.25, 0.3) is 0 Å². The van der Waals surface area contributed by atoms with Crippen molar-refractivity contribution in [3.8, 4) is 0 Å². The second-order valence-corrected chi connectivity index (χ2v) is 5.47. The fraction of sp³-hybridized carbons (Fsp3) is 0.692. The van der Waals surface area contributed by atoms with Gasteiger partial charge in [-0.05, 0) is 33.4 Å². The molecule has 1 fully saturated rings. The molecule has 0 saturated carbocycles. The normalized spacial score (nSPS) is 18.8. The third-order valence-corrected chi connectivity index (χ3v) is 3.96. The Hall–Kier alpha value is -1.96.